The van der Waals surface area contributed by atoms with Gasteiger partial charge in [-0.15, -0.1) is 0 Å². The Balaban J connectivity index is 1.31. The summed E-state index contributed by atoms with van der Waals surface area (Å²) in [5.41, 5.74) is 13.1. The number of nitrogens with one attached hydrogen (secondary N) is 18. The van der Waals surface area contributed by atoms with E-state index < -0.39 is 279 Å². The minimum absolute atomic E-state index is 0.0557. The molecule has 5 aromatic rings. The maximum Gasteiger partial charge on any atom is 0.328 e. The molecule has 47 nitrogen and oxygen atoms in total. The second kappa shape index (κ2) is 54.4. The molecule has 0 saturated carbocycles. The fourth-order valence-corrected chi connectivity index (χ4v) is 13.5. The number of carboxylic acid groups (broad SMARTS) is 2. The zero-order valence-corrected chi connectivity index (χ0v) is 75.2. The predicted molar refractivity (Wildman–Crippen MR) is 472 cm³/mol. The van der Waals surface area contributed by atoms with E-state index in [2.05, 4.69) is 122 Å². The van der Waals surface area contributed by atoms with Crippen molar-refractivity contribution in [3.63, 3.8) is 0 Å². The molecule has 0 spiro atoms. The molecule has 0 aliphatic heterocycles. The average molecular weight is 1880 g/mol. The van der Waals surface area contributed by atoms with Gasteiger partial charge in [0.25, 0.3) is 0 Å². The van der Waals surface area contributed by atoms with Crippen molar-refractivity contribution in [2.75, 3.05) is 31.0 Å². The van der Waals surface area contributed by atoms with Crippen LogP contribution in [0.15, 0.2) is 92.2 Å². The van der Waals surface area contributed by atoms with E-state index in [-0.39, 0.29) is 60.2 Å². The topological polar surface area (TPSA) is 747 Å². The van der Waals surface area contributed by atoms with E-state index in [0.717, 1.165) is 6.92 Å². The number of phenolic OH excluding ortho intramolecular Hbond substituents is 1. The fraction of sp³-hybridized carbons (Fsp3) is 0.524. The summed E-state index contributed by atoms with van der Waals surface area (Å²) in [6.07, 6.45) is 3.52. The number of aliphatic hydroxyl groups is 3. The van der Waals surface area contributed by atoms with Gasteiger partial charge in [-0.1, -0.05) is 84.0 Å². The Kier molecular flexibility index (Phi) is 45.0. The monoisotopic (exact) mass is 1870 g/mol. The van der Waals surface area contributed by atoms with Crippen LogP contribution in [0.5, 0.6) is 5.75 Å². The van der Waals surface area contributed by atoms with Crippen LogP contribution in [0.4, 0.5) is 0 Å². The molecule has 0 unspecified atom stereocenters. The van der Waals surface area contributed by atoms with Crippen molar-refractivity contribution < 1.29 is 117 Å². The molecule has 0 aliphatic rings. The zero-order chi connectivity index (χ0) is 97.5. The van der Waals surface area contributed by atoms with Crippen LogP contribution in [0, 0.1) is 17.8 Å². The number of carbonyl (C=O) groups is 18. The highest BCUT2D eigenvalue weighted by Gasteiger charge is 2.41. The Bertz CT molecular complexity index is 4650. The van der Waals surface area contributed by atoms with Gasteiger partial charge >= 0.3 is 11.9 Å². The van der Waals surface area contributed by atoms with E-state index in [1.165, 1.54) is 94.4 Å². The van der Waals surface area contributed by atoms with E-state index in [9.17, 15) is 117 Å². The number of aliphatic hydroxyl groups excluding tert-OH is 3. The molecule has 0 bridgehead atoms. The van der Waals surface area contributed by atoms with Crippen LogP contribution in [-0.2, 0) is 118 Å². The number of amides is 16. The number of rotatable bonds is 57. The molecule has 3 heterocycles. The number of thiol groups is 1. The number of hydrogen-bond acceptors (Lipinski definition) is 28. The molecule has 0 fully saturated rings. The van der Waals surface area contributed by atoms with Gasteiger partial charge < -0.3 is 137 Å². The third-order valence-corrected chi connectivity index (χ3v) is 21.2. The minimum atomic E-state index is -1.94. The number of aromatic nitrogens is 6. The number of nitrogens with two attached hydrogens (primary N) is 2. The van der Waals surface area contributed by atoms with E-state index in [0.29, 0.717) is 11.1 Å². The molecule has 0 radical (unpaired) electrons. The largest absolute Gasteiger partial charge is 0.508 e. The molecule has 0 saturated heterocycles. The number of carboxylic acids is 2. The van der Waals surface area contributed by atoms with Crippen LogP contribution < -0.4 is 91.2 Å². The van der Waals surface area contributed by atoms with Gasteiger partial charge in [-0.05, 0) is 86.1 Å². The zero-order valence-electron chi connectivity index (χ0n) is 73.5. The van der Waals surface area contributed by atoms with Crippen LogP contribution in [-0.4, -0.2) is 301 Å². The Morgan fingerprint density at radius 1 is 0.412 bits per heavy atom. The van der Waals surface area contributed by atoms with Gasteiger partial charge in [-0.2, -0.15) is 24.4 Å². The maximum absolute atomic E-state index is 14.6. The molecule has 3 aromatic heterocycles. The van der Waals surface area contributed by atoms with E-state index in [1.54, 1.807) is 64.3 Å². The Hall–Kier alpha value is -13.1. The lowest BCUT2D eigenvalue weighted by atomic mass is 10.0. The standard InChI is InChI=1S/C82H119N23O24S2/c1-39(2)23-52(70(116)97-57(28-48-32-87-38-90-48)74(120)99-58(29-62(83)110)75(121)98-56(27-47-31-86-37-89-47)73(119)95-54(25-45-15-17-49(109)18-16-45)76(122)105-66(43(8)108)82(128)129)94-67(113)42(7)91-68(114)50(19-20-63(111)112)92-72(118)55(26-46-30-85-36-88-46)96-69(115)51(21-22-131-9)93-81(127)65(41(5)6)104-78(124)60(34-107)102-79(125)61(35-130)103-77(123)59(33-106)101-71(117)53(24-44-13-11-10-12-14-44)100-80(126)64(84)40(3)4/h10-18,30-32,36-43,50-61,64-66,106-109,130H,19-29,33-35,84H2,1-9H3,(H2,83,110)(H,85,88)(H,86,89)(H,87,90)(H,91,114)(H,92,118)(H,93,127)(H,94,113)(H,95,119)(H,96,115)(H,97,116)(H,98,121)(H,99,120)(H,100,126)(H,101,117)(H,102,125)(H,103,123)(H,104,124)(H,105,122)(H,111,112)(H,128,129)/t42-,43+,50-,51-,52-,53-,54-,55-,56-,57-,58-,59-,60-,61-,64-,65-,66-/m0/s1. The molecule has 718 valence electrons. The number of benzene rings is 2. The molecule has 28 N–H and O–H groups in total. The molecule has 0 aliphatic carbocycles. The Morgan fingerprint density at radius 2 is 0.771 bits per heavy atom. The third-order valence-electron chi connectivity index (χ3n) is 20.1. The number of hydrogen-bond donors (Lipinski definition) is 27. The van der Waals surface area contributed by atoms with Crippen LogP contribution in [0.2, 0.25) is 0 Å². The molecule has 17 atom stereocenters. The first kappa shape index (κ1) is 108. The second-order valence-corrected chi connectivity index (χ2v) is 33.3. The lowest BCUT2D eigenvalue weighted by molar-refractivity contribution is -0.145. The number of aromatic hydroxyl groups is 1. The van der Waals surface area contributed by atoms with Crippen molar-refractivity contribution in [1.82, 2.24) is 110 Å². The highest BCUT2D eigenvalue weighted by Crippen LogP contribution is 2.17. The highest BCUT2D eigenvalue weighted by molar-refractivity contribution is 7.98. The molecule has 49 heteroatoms. The Labute approximate surface area is 762 Å². The van der Waals surface area contributed by atoms with Gasteiger partial charge in [-0.25, -0.2) is 19.7 Å². The van der Waals surface area contributed by atoms with E-state index >= 15 is 0 Å². The number of aliphatic carboxylic acids is 2. The summed E-state index contributed by atoms with van der Waals surface area (Å²) in [5.74, 6) is -22.0. The highest BCUT2D eigenvalue weighted by atomic mass is 32.2. The Morgan fingerprint density at radius 3 is 1.18 bits per heavy atom. The van der Waals surface area contributed by atoms with Crippen molar-refractivity contribution in [2.24, 2.45) is 29.2 Å². The number of thioether (sulfide) groups is 1. The van der Waals surface area contributed by atoms with Crippen molar-refractivity contribution in [3.8, 4) is 5.75 Å². The molecule has 5 rings (SSSR count). The molecule has 2 aromatic carbocycles. The number of imidazole rings is 3. The van der Waals surface area contributed by atoms with Gasteiger partial charge in [0.05, 0.1) is 67.8 Å². The number of aromatic amines is 3. The lowest BCUT2D eigenvalue weighted by Crippen LogP contribution is -2.62. The number of H-pyrrole nitrogens is 3. The summed E-state index contributed by atoms with van der Waals surface area (Å²) in [7, 11) is 0. The van der Waals surface area contributed by atoms with Gasteiger partial charge in [-0.3, -0.25) is 81.5 Å². The van der Waals surface area contributed by atoms with Crippen LogP contribution in [0.3, 0.4) is 0 Å². The van der Waals surface area contributed by atoms with Crippen molar-refractivity contribution in [1.29, 1.82) is 0 Å². The lowest BCUT2D eigenvalue weighted by Gasteiger charge is -2.29. The van der Waals surface area contributed by atoms with Gasteiger partial charge in [0.1, 0.15) is 90.3 Å². The van der Waals surface area contributed by atoms with Crippen LogP contribution >= 0.6 is 24.4 Å². The minimum Gasteiger partial charge on any atom is -0.508 e. The van der Waals surface area contributed by atoms with Gasteiger partial charge in [0.2, 0.25) is 94.5 Å². The first-order valence-electron chi connectivity index (χ1n) is 41.7. The van der Waals surface area contributed by atoms with Crippen molar-refractivity contribution >= 4 is 131 Å². The predicted octanol–water partition coefficient (Wildman–Crippen LogP) is -7.07. The summed E-state index contributed by atoms with van der Waals surface area (Å²) >= 11 is 5.42. The van der Waals surface area contributed by atoms with Crippen LogP contribution in [0.1, 0.15) is 116 Å². The summed E-state index contributed by atoms with van der Waals surface area (Å²) in [6, 6.07) is -12.1. The summed E-state index contributed by atoms with van der Waals surface area (Å²) in [4.78, 5) is 270. The number of nitrogens with zero attached hydrogens (tertiary/aromatic N) is 3. The molecular formula is C82H119N23O24S2. The third kappa shape index (κ3) is 36.7. The number of phenols is 1. The van der Waals surface area contributed by atoms with Crippen molar-refractivity contribution in [2.45, 2.75) is 222 Å². The van der Waals surface area contributed by atoms with Crippen molar-refractivity contribution in [3.05, 3.63) is 120 Å². The van der Waals surface area contributed by atoms with Crippen LogP contribution in [0.25, 0.3) is 0 Å². The van der Waals surface area contributed by atoms with Gasteiger partial charge in [0.15, 0.2) is 6.04 Å². The molecule has 16 amide bonds. The maximum atomic E-state index is 14.6. The summed E-state index contributed by atoms with van der Waals surface area (Å²) in [5, 5.41) is 97.1. The SMILES string of the molecule is CSCC[C@H](NC(=O)[C@@H](NC(=O)[C@H](CO)NC(=O)[C@H](CS)NC(=O)[C@H](CO)NC(=O)[C@H](Cc1ccccc1)NC(=O)[C@@H](N)C(C)C)C(C)C)C(=O)N[C@@H](Cc1c[nH]cn1)C(=O)N[C@@H](CCC(=O)O)C(=O)N[C@@H](C)C(=O)N[C@@H](CC(C)C)C(=O)N[C@@H](Cc1c[nH]cn1)C(=O)N[C@@H](CC(N)=O)C(=O)N[C@@H](Cc1c[nH]cn1)C(=O)N[C@@H](Cc1ccc(O)cc1)C(=O)N[C@H](C(=O)O)[C@@H](C)O. The summed E-state index contributed by atoms with van der Waals surface area (Å²) < 4.78 is 0. The fourth-order valence-electron chi connectivity index (χ4n) is 12.7. The molecule has 131 heavy (non-hydrogen) atoms. The average Bonchev–Trinajstić information content (AvgIpc) is 1.84. The normalized spacial score (nSPS) is 15.2. The van der Waals surface area contributed by atoms with Gasteiger partial charge in [0, 0.05) is 62.9 Å². The summed E-state index contributed by atoms with van der Waals surface area (Å²) in [6.45, 7) is 9.92. The molecular weight excluding hydrogens is 1760 g/mol. The first-order valence-corrected chi connectivity index (χ1v) is 43.8. The number of primary amides is 1. The van der Waals surface area contributed by atoms with E-state index in [1.807, 2.05) is 0 Å². The first-order chi connectivity index (χ1) is 61.9. The number of carbonyl (C=O) groups excluding carboxylic acids is 16. The quantitative estimate of drug-likeness (QED) is 0.0161. The smallest absolute Gasteiger partial charge is 0.328 e. The van der Waals surface area contributed by atoms with E-state index in [4.69, 9.17) is 11.5 Å². The second-order valence-electron chi connectivity index (χ2n) is 31.9.